The van der Waals surface area contributed by atoms with Crippen molar-refractivity contribution in [3.63, 3.8) is 0 Å². The maximum absolute atomic E-state index is 11.9. The van der Waals surface area contributed by atoms with E-state index >= 15 is 0 Å². The van der Waals surface area contributed by atoms with Gasteiger partial charge in [0.15, 0.2) is 0 Å². The van der Waals surface area contributed by atoms with Gasteiger partial charge in [0.1, 0.15) is 0 Å². The normalized spacial score (nSPS) is 22.2. The van der Waals surface area contributed by atoms with Gasteiger partial charge in [-0.2, -0.15) is 0 Å². The predicted molar refractivity (Wildman–Crippen MR) is 71.1 cm³/mol. The second kappa shape index (κ2) is 5.69. The molecule has 2 amide bonds. The number of amides is 2. The molecular formula is C13H25N3O2. The third-order valence-electron chi connectivity index (χ3n) is 3.24. The number of carbonyl (C=O) groups is 2. The highest BCUT2D eigenvalue weighted by Crippen LogP contribution is 2.21. The minimum Gasteiger partial charge on any atom is -0.351 e. The Morgan fingerprint density at radius 2 is 2.11 bits per heavy atom. The average Bonchev–Trinajstić information content (AvgIpc) is 2.59. The van der Waals surface area contributed by atoms with Crippen molar-refractivity contribution in [2.24, 2.45) is 5.92 Å². The summed E-state index contributed by atoms with van der Waals surface area (Å²) in [6.45, 7) is 9.18. The number of carbonyl (C=O) groups excluding carboxylic acids is 2. The molecule has 1 rings (SSSR count). The van der Waals surface area contributed by atoms with Crippen LogP contribution in [0, 0.1) is 5.92 Å². The Labute approximate surface area is 109 Å². The van der Waals surface area contributed by atoms with Crippen LogP contribution in [0.1, 0.15) is 34.1 Å². The van der Waals surface area contributed by atoms with Crippen molar-refractivity contribution in [2.45, 2.75) is 45.7 Å². The summed E-state index contributed by atoms with van der Waals surface area (Å²) in [6.07, 6.45) is 0.412. The van der Waals surface area contributed by atoms with Gasteiger partial charge < -0.3 is 15.5 Å². The van der Waals surface area contributed by atoms with Gasteiger partial charge >= 0.3 is 0 Å². The molecule has 2 atom stereocenters. The van der Waals surface area contributed by atoms with Crippen LogP contribution in [-0.2, 0) is 9.59 Å². The number of hydrogen-bond acceptors (Lipinski definition) is 3. The fourth-order valence-electron chi connectivity index (χ4n) is 2.19. The fourth-order valence-corrected chi connectivity index (χ4v) is 2.19. The zero-order valence-electron chi connectivity index (χ0n) is 12.0. The molecule has 18 heavy (non-hydrogen) atoms. The minimum atomic E-state index is -0.173. The van der Waals surface area contributed by atoms with E-state index in [-0.39, 0.29) is 29.3 Å². The predicted octanol–water partition coefficient (Wildman–Crippen LogP) is 0.358. The van der Waals surface area contributed by atoms with Crippen LogP contribution in [0.4, 0.5) is 0 Å². The monoisotopic (exact) mass is 255 g/mol. The summed E-state index contributed by atoms with van der Waals surface area (Å²) in [4.78, 5) is 25.6. The second-order valence-corrected chi connectivity index (χ2v) is 6.04. The van der Waals surface area contributed by atoms with Gasteiger partial charge in [-0.15, -0.1) is 0 Å². The lowest BCUT2D eigenvalue weighted by Crippen LogP contribution is -2.46. The molecule has 0 bridgehead atoms. The van der Waals surface area contributed by atoms with Crippen molar-refractivity contribution in [2.75, 3.05) is 20.1 Å². The van der Waals surface area contributed by atoms with E-state index in [0.29, 0.717) is 19.5 Å². The SMILES string of the molecule is CNCC(C)C(=O)NC1CC(=O)N(C(C)(C)C)C1. The summed E-state index contributed by atoms with van der Waals surface area (Å²) in [7, 11) is 1.82. The molecule has 0 aromatic heterocycles. The first-order valence-electron chi connectivity index (χ1n) is 6.51. The van der Waals surface area contributed by atoms with E-state index in [4.69, 9.17) is 0 Å². The molecular weight excluding hydrogens is 230 g/mol. The van der Waals surface area contributed by atoms with Crippen molar-refractivity contribution in [1.29, 1.82) is 0 Å². The van der Waals surface area contributed by atoms with Gasteiger partial charge in [0, 0.05) is 31.0 Å². The van der Waals surface area contributed by atoms with Crippen molar-refractivity contribution in [3.8, 4) is 0 Å². The second-order valence-electron chi connectivity index (χ2n) is 6.04. The molecule has 0 aromatic rings. The third kappa shape index (κ3) is 3.70. The molecule has 104 valence electrons. The maximum atomic E-state index is 11.9. The fraction of sp³-hybridized carbons (Fsp3) is 0.846. The molecule has 1 aliphatic rings. The van der Waals surface area contributed by atoms with Gasteiger partial charge in [-0.05, 0) is 27.8 Å². The molecule has 5 nitrogen and oxygen atoms in total. The van der Waals surface area contributed by atoms with E-state index in [1.807, 2.05) is 39.6 Å². The van der Waals surface area contributed by atoms with E-state index < -0.39 is 0 Å². The lowest BCUT2D eigenvalue weighted by molar-refractivity contribution is -0.131. The number of hydrogen-bond donors (Lipinski definition) is 2. The molecule has 5 heteroatoms. The first-order valence-corrected chi connectivity index (χ1v) is 6.51. The van der Waals surface area contributed by atoms with Gasteiger partial charge in [-0.3, -0.25) is 9.59 Å². The summed E-state index contributed by atoms with van der Waals surface area (Å²) in [6, 6.07) is -0.0523. The first-order chi connectivity index (χ1) is 8.25. The molecule has 0 saturated carbocycles. The molecule has 0 radical (unpaired) electrons. The summed E-state index contributed by atoms with van der Waals surface area (Å²) < 4.78 is 0. The lowest BCUT2D eigenvalue weighted by atomic mass is 10.1. The average molecular weight is 255 g/mol. The van der Waals surface area contributed by atoms with Gasteiger partial charge in [-0.1, -0.05) is 6.92 Å². The van der Waals surface area contributed by atoms with Gasteiger partial charge in [0.05, 0.1) is 6.04 Å². The molecule has 1 saturated heterocycles. The molecule has 2 N–H and O–H groups in total. The van der Waals surface area contributed by atoms with Crippen LogP contribution in [0.25, 0.3) is 0 Å². The highest BCUT2D eigenvalue weighted by Gasteiger charge is 2.37. The van der Waals surface area contributed by atoms with Crippen molar-refractivity contribution in [1.82, 2.24) is 15.5 Å². The van der Waals surface area contributed by atoms with Crippen molar-refractivity contribution >= 4 is 11.8 Å². The largest absolute Gasteiger partial charge is 0.351 e. The Bertz CT molecular complexity index is 323. The number of nitrogens with one attached hydrogen (secondary N) is 2. The molecule has 0 aliphatic carbocycles. The minimum absolute atomic E-state index is 0.0120. The quantitative estimate of drug-likeness (QED) is 0.762. The summed E-state index contributed by atoms with van der Waals surface area (Å²) >= 11 is 0. The summed E-state index contributed by atoms with van der Waals surface area (Å²) in [5, 5.41) is 5.93. The molecule has 0 spiro atoms. The Hall–Kier alpha value is -1.10. The Balaban J connectivity index is 2.52. The summed E-state index contributed by atoms with van der Waals surface area (Å²) in [5.74, 6) is 0.0563. The zero-order valence-corrected chi connectivity index (χ0v) is 12.0. The standard InChI is InChI=1S/C13H25N3O2/c1-9(7-14-5)12(18)15-10-6-11(17)16(8-10)13(2,3)4/h9-10,14H,6-8H2,1-5H3,(H,15,18). The first kappa shape index (κ1) is 15.0. The molecule has 1 heterocycles. The topological polar surface area (TPSA) is 61.4 Å². The van der Waals surface area contributed by atoms with Crippen LogP contribution < -0.4 is 10.6 Å². The summed E-state index contributed by atoms with van der Waals surface area (Å²) in [5.41, 5.74) is -0.173. The van der Waals surface area contributed by atoms with Crippen LogP contribution in [-0.4, -0.2) is 48.4 Å². The maximum Gasteiger partial charge on any atom is 0.225 e. The van der Waals surface area contributed by atoms with E-state index in [0.717, 1.165) is 0 Å². The lowest BCUT2D eigenvalue weighted by Gasteiger charge is -2.32. The van der Waals surface area contributed by atoms with Crippen LogP contribution in [0.3, 0.4) is 0 Å². The molecule has 1 aliphatic heterocycles. The number of nitrogens with zero attached hydrogens (tertiary/aromatic N) is 1. The number of rotatable bonds is 4. The van der Waals surface area contributed by atoms with E-state index in [1.54, 1.807) is 0 Å². The van der Waals surface area contributed by atoms with Gasteiger partial charge in [0.2, 0.25) is 11.8 Å². The van der Waals surface area contributed by atoms with Crippen LogP contribution >= 0.6 is 0 Å². The molecule has 0 aromatic carbocycles. The number of likely N-dealkylation sites (tertiary alicyclic amines) is 1. The van der Waals surface area contributed by atoms with Crippen LogP contribution in [0.5, 0.6) is 0 Å². The van der Waals surface area contributed by atoms with Gasteiger partial charge in [0.25, 0.3) is 0 Å². The zero-order chi connectivity index (χ0) is 13.9. The van der Waals surface area contributed by atoms with E-state index in [9.17, 15) is 9.59 Å². The van der Waals surface area contributed by atoms with Crippen LogP contribution in [0.2, 0.25) is 0 Å². The van der Waals surface area contributed by atoms with Crippen molar-refractivity contribution in [3.05, 3.63) is 0 Å². The Morgan fingerprint density at radius 3 is 2.56 bits per heavy atom. The highest BCUT2D eigenvalue weighted by molar-refractivity contribution is 5.83. The third-order valence-corrected chi connectivity index (χ3v) is 3.24. The van der Waals surface area contributed by atoms with Gasteiger partial charge in [-0.25, -0.2) is 0 Å². The van der Waals surface area contributed by atoms with Crippen LogP contribution in [0.15, 0.2) is 0 Å². The smallest absolute Gasteiger partial charge is 0.225 e. The van der Waals surface area contributed by atoms with E-state index in [2.05, 4.69) is 10.6 Å². The van der Waals surface area contributed by atoms with E-state index in [1.165, 1.54) is 0 Å². The Kier molecular flexibility index (Phi) is 4.73. The Morgan fingerprint density at radius 1 is 1.50 bits per heavy atom. The molecule has 1 fully saturated rings. The molecule has 2 unspecified atom stereocenters. The highest BCUT2D eigenvalue weighted by atomic mass is 16.2. The van der Waals surface area contributed by atoms with Crippen molar-refractivity contribution < 1.29 is 9.59 Å².